The van der Waals surface area contributed by atoms with Crippen LogP contribution in [0.5, 0.6) is 5.75 Å². The number of hydrogen-bond acceptors (Lipinski definition) is 5. The molecule has 0 heterocycles. The quantitative estimate of drug-likeness (QED) is 0.290. The van der Waals surface area contributed by atoms with Crippen LogP contribution in [0.25, 0.3) is 0 Å². The van der Waals surface area contributed by atoms with Crippen LogP contribution in [0.4, 0.5) is 11.4 Å². The minimum atomic E-state index is -4.13. The third kappa shape index (κ3) is 6.82. The lowest BCUT2D eigenvalue weighted by molar-refractivity contribution is -0.114. The molecule has 0 saturated heterocycles. The van der Waals surface area contributed by atoms with Gasteiger partial charge in [0.2, 0.25) is 5.91 Å². The van der Waals surface area contributed by atoms with E-state index in [2.05, 4.69) is 10.6 Å². The van der Waals surface area contributed by atoms with Crippen molar-refractivity contribution in [1.29, 1.82) is 0 Å². The standard InChI is InChI=1S/C30H29N3O5S/c1-38-28-19-11-10-18-27(28)33(39(36,37)24-14-6-3-7-15-24)22-29(34)32-26-17-9-8-16-25(26)30(35)31-21-20-23-12-4-2-5-13-23/h2-19H,20-22H2,1H3,(H,31,35)(H,32,34). The average Bonchev–Trinajstić information content (AvgIpc) is 2.97. The number of carbonyl (C=O) groups excluding carboxylic acids is 2. The van der Waals surface area contributed by atoms with Crippen LogP contribution in [0.1, 0.15) is 15.9 Å². The molecule has 0 radical (unpaired) electrons. The Kier molecular flexibility index (Phi) is 8.96. The van der Waals surface area contributed by atoms with Crippen molar-refractivity contribution in [2.75, 3.05) is 29.8 Å². The van der Waals surface area contributed by atoms with Crippen LogP contribution < -0.4 is 19.7 Å². The first-order chi connectivity index (χ1) is 18.9. The van der Waals surface area contributed by atoms with Crippen LogP contribution >= 0.6 is 0 Å². The number of nitrogens with zero attached hydrogens (tertiary/aromatic N) is 1. The SMILES string of the molecule is COc1ccccc1N(CC(=O)Nc1ccccc1C(=O)NCCc1ccccc1)S(=O)(=O)c1ccccc1. The Morgan fingerprint density at radius 1 is 0.795 bits per heavy atom. The van der Waals surface area contributed by atoms with Crippen molar-refractivity contribution in [2.24, 2.45) is 0 Å². The monoisotopic (exact) mass is 543 g/mol. The Balaban J connectivity index is 1.54. The number of sulfonamides is 1. The highest BCUT2D eigenvalue weighted by atomic mass is 32.2. The number of carbonyl (C=O) groups is 2. The lowest BCUT2D eigenvalue weighted by Gasteiger charge is -2.25. The second-order valence-electron chi connectivity index (χ2n) is 8.58. The van der Waals surface area contributed by atoms with E-state index in [4.69, 9.17) is 4.74 Å². The maximum absolute atomic E-state index is 13.6. The Morgan fingerprint density at radius 3 is 2.13 bits per heavy atom. The molecule has 0 aliphatic carbocycles. The molecule has 4 aromatic carbocycles. The fourth-order valence-corrected chi connectivity index (χ4v) is 5.48. The Bertz CT molecular complexity index is 1530. The Labute approximate surface area is 228 Å². The number of anilines is 2. The average molecular weight is 544 g/mol. The zero-order valence-corrected chi connectivity index (χ0v) is 22.2. The predicted molar refractivity (Wildman–Crippen MR) is 152 cm³/mol. The summed E-state index contributed by atoms with van der Waals surface area (Å²) in [4.78, 5) is 26.2. The van der Waals surface area contributed by atoms with E-state index in [1.165, 1.54) is 19.2 Å². The first kappa shape index (κ1) is 27.4. The highest BCUT2D eigenvalue weighted by Crippen LogP contribution is 2.32. The number of para-hydroxylation sites is 3. The topological polar surface area (TPSA) is 105 Å². The fourth-order valence-electron chi connectivity index (χ4n) is 4.03. The minimum Gasteiger partial charge on any atom is -0.495 e. The van der Waals surface area contributed by atoms with Crippen LogP contribution in [0.15, 0.2) is 114 Å². The van der Waals surface area contributed by atoms with Gasteiger partial charge < -0.3 is 15.4 Å². The molecule has 0 fully saturated rings. The van der Waals surface area contributed by atoms with Crippen molar-refractivity contribution in [3.05, 3.63) is 120 Å². The van der Waals surface area contributed by atoms with Gasteiger partial charge in [-0.25, -0.2) is 8.42 Å². The first-order valence-corrected chi connectivity index (χ1v) is 13.8. The molecule has 0 saturated carbocycles. The van der Waals surface area contributed by atoms with Gasteiger partial charge in [-0.05, 0) is 48.4 Å². The molecule has 4 aromatic rings. The molecule has 200 valence electrons. The number of hydrogen-bond donors (Lipinski definition) is 2. The molecule has 2 N–H and O–H groups in total. The molecule has 4 rings (SSSR count). The zero-order chi connectivity index (χ0) is 27.7. The molecule has 9 heteroatoms. The molecule has 0 aliphatic rings. The van der Waals surface area contributed by atoms with Crippen LogP contribution in [0, 0.1) is 0 Å². The molecule has 0 bridgehead atoms. The summed E-state index contributed by atoms with van der Waals surface area (Å²) in [7, 11) is -2.70. The van der Waals surface area contributed by atoms with E-state index < -0.39 is 22.5 Å². The summed E-state index contributed by atoms with van der Waals surface area (Å²) in [5.74, 6) is -0.673. The number of benzene rings is 4. The third-order valence-corrected chi connectivity index (χ3v) is 7.73. The highest BCUT2D eigenvalue weighted by molar-refractivity contribution is 7.92. The minimum absolute atomic E-state index is 0.0295. The summed E-state index contributed by atoms with van der Waals surface area (Å²) in [5.41, 5.74) is 1.85. The highest BCUT2D eigenvalue weighted by Gasteiger charge is 2.29. The van der Waals surface area contributed by atoms with Gasteiger partial charge in [-0.15, -0.1) is 0 Å². The largest absolute Gasteiger partial charge is 0.495 e. The summed E-state index contributed by atoms with van der Waals surface area (Å²) >= 11 is 0. The van der Waals surface area contributed by atoms with Crippen molar-refractivity contribution >= 4 is 33.2 Å². The van der Waals surface area contributed by atoms with Crippen molar-refractivity contribution in [3.63, 3.8) is 0 Å². The lowest BCUT2D eigenvalue weighted by Crippen LogP contribution is -2.38. The number of amides is 2. The van der Waals surface area contributed by atoms with Gasteiger partial charge in [0.25, 0.3) is 15.9 Å². The van der Waals surface area contributed by atoms with Gasteiger partial charge in [0.1, 0.15) is 12.3 Å². The molecule has 0 aromatic heterocycles. The molecule has 2 amide bonds. The smallest absolute Gasteiger partial charge is 0.264 e. The van der Waals surface area contributed by atoms with Gasteiger partial charge in [-0.1, -0.05) is 72.8 Å². The van der Waals surface area contributed by atoms with Crippen LogP contribution in [0.2, 0.25) is 0 Å². The summed E-state index contributed by atoms with van der Waals surface area (Å²) < 4.78 is 33.6. The van der Waals surface area contributed by atoms with Crippen molar-refractivity contribution in [3.8, 4) is 5.75 Å². The molecule has 0 spiro atoms. The van der Waals surface area contributed by atoms with Gasteiger partial charge in [-0.3, -0.25) is 13.9 Å². The van der Waals surface area contributed by atoms with E-state index in [-0.39, 0.29) is 27.7 Å². The normalized spacial score (nSPS) is 10.9. The number of ether oxygens (including phenoxy) is 1. The van der Waals surface area contributed by atoms with Gasteiger partial charge >= 0.3 is 0 Å². The third-order valence-electron chi connectivity index (χ3n) is 5.96. The Hall–Kier alpha value is -4.63. The van der Waals surface area contributed by atoms with Crippen LogP contribution in [-0.2, 0) is 21.2 Å². The van der Waals surface area contributed by atoms with E-state index in [1.54, 1.807) is 66.7 Å². The second kappa shape index (κ2) is 12.7. The molecular formula is C30H29N3O5S. The summed E-state index contributed by atoms with van der Waals surface area (Å²) in [6, 6.07) is 30.8. The molecule has 0 atom stereocenters. The maximum atomic E-state index is 13.6. The van der Waals surface area contributed by atoms with E-state index in [1.807, 2.05) is 30.3 Å². The molecule has 8 nitrogen and oxygen atoms in total. The van der Waals surface area contributed by atoms with Crippen molar-refractivity contribution in [1.82, 2.24) is 5.32 Å². The molecule has 39 heavy (non-hydrogen) atoms. The van der Waals surface area contributed by atoms with Crippen molar-refractivity contribution in [2.45, 2.75) is 11.3 Å². The summed E-state index contributed by atoms with van der Waals surface area (Å²) in [5, 5.41) is 5.59. The number of nitrogens with one attached hydrogen (secondary N) is 2. The van der Waals surface area contributed by atoms with Gasteiger partial charge in [0, 0.05) is 6.54 Å². The predicted octanol–water partition coefficient (Wildman–Crippen LogP) is 4.50. The van der Waals surface area contributed by atoms with Crippen molar-refractivity contribution < 1.29 is 22.7 Å². The van der Waals surface area contributed by atoms with E-state index in [9.17, 15) is 18.0 Å². The Morgan fingerprint density at radius 2 is 1.41 bits per heavy atom. The van der Waals surface area contributed by atoms with E-state index >= 15 is 0 Å². The fraction of sp³-hybridized carbons (Fsp3) is 0.133. The summed E-state index contributed by atoms with van der Waals surface area (Å²) in [6.45, 7) is -0.121. The van der Waals surface area contributed by atoms with Gasteiger partial charge in [0.15, 0.2) is 0 Å². The number of methoxy groups -OCH3 is 1. The second-order valence-corrected chi connectivity index (χ2v) is 10.4. The van der Waals surface area contributed by atoms with Gasteiger partial charge in [-0.2, -0.15) is 0 Å². The first-order valence-electron chi connectivity index (χ1n) is 12.3. The maximum Gasteiger partial charge on any atom is 0.264 e. The van der Waals surface area contributed by atoms with Crippen LogP contribution in [0.3, 0.4) is 0 Å². The summed E-state index contributed by atoms with van der Waals surface area (Å²) in [6.07, 6.45) is 0.659. The zero-order valence-electron chi connectivity index (χ0n) is 21.4. The molecule has 0 aliphatic heterocycles. The molecule has 0 unspecified atom stereocenters. The molecular weight excluding hydrogens is 514 g/mol. The van der Waals surface area contributed by atoms with Gasteiger partial charge in [0.05, 0.1) is 28.9 Å². The lowest BCUT2D eigenvalue weighted by atomic mass is 10.1. The van der Waals surface area contributed by atoms with E-state index in [0.29, 0.717) is 18.7 Å². The number of rotatable bonds is 11. The van der Waals surface area contributed by atoms with E-state index in [0.717, 1.165) is 9.87 Å². The van der Waals surface area contributed by atoms with Crippen LogP contribution in [-0.4, -0.2) is 40.4 Å².